The lowest BCUT2D eigenvalue weighted by atomic mass is 9.82. The Morgan fingerprint density at radius 1 is 0.960 bits per heavy atom. The van der Waals surface area contributed by atoms with Gasteiger partial charge in [0.05, 0.1) is 22.1 Å². The molecule has 4 rings (SSSR count). The molecule has 12 nitrogen and oxygen atoms in total. The fraction of sp³-hybridized carbons (Fsp3) is 0.811. The first-order valence-electron chi connectivity index (χ1n) is 18.7. The molecule has 282 valence electrons. The smallest absolute Gasteiger partial charge is 0.315 e. The summed E-state index contributed by atoms with van der Waals surface area (Å²) in [5.74, 6) is -2.72. The van der Waals surface area contributed by atoms with Gasteiger partial charge in [0, 0.05) is 13.1 Å². The van der Waals surface area contributed by atoms with Gasteiger partial charge in [-0.3, -0.25) is 19.2 Å². The highest BCUT2D eigenvalue weighted by atomic mass is 32.2. The SMILES string of the molecule is C=CCNC(=O)C(=O)C(CCC)NC(=O)[C@@H]1[C@@H]2[C@H](CN1C(=O)[C@@H](NC(=O)NC1(CS(=O)(=O)C(C)(C)C)CCCCC1)C1CCCCC1)C2(C)C. The van der Waals surface area contributed by atoms with Crippen molar-refractivity contribution in [3.05, 3.63) is 12.7 Å². The molecule has 4 aliphatic rings. The zero-order valence-electron chi connectivity index (χ0n) is 31.1. The van der Waals surface area contributed by atoms with Gasteiger partial charge in [0.2, 0.25) is 17.6 Å². The molecule has 1 saturated heterocycles. The van der Waals surface area contributed by atoms with E-state index < -0.39 is 61.9 Å². The summed E-state index contributed by atoms with van der Waals surface area (Å²) < 4.78 is 25.8. The molecule has 5 atom stereocenters. The number of hydrogen-bond acceptors (Lipinski definition) is 7. The van der Waals surface area contributed by atoms with Crippen molar-refractivity contribution in [1.29, 1.82) is 0 Å². The van der Waals surface area contributed by atoms with Crippen LogP contribution in [-0.4, -0.2) is 90.1 Å². The second-order valence-electron chi connectivity index (χ2n) is 16.8. The Bertz CT molecular complexity index is 1410. The summed E-state index contributed by atoms with van der Waals surface area (Å²) in [6.45, 7) is 15.0. The summed E-state index contributed by atoms with van der Waals surface area (Å²) in [5, 5.41) is 11.4. The van der Waals surface area contributed by atoms with Gasteiger partial charge >= 0.3 is 6.03 Å². The number of likely N-dealkylation sites (tertiary alicyclic amines) is 1. The van der Waals surface area contributed by atoms with Crippen LogP contribution in [0.15, 0.2) is 12.7 Å². The van der Waals surface area contributed by atoms with E-state index in [4.69, 9.17) is 0 Å². The number of Topliss-reactive ketones (excluding diaryl/α,β-unsaturated/α-hetero) is 1. The number of ketones is 1. The Kier molecular flexibility index (Phi) is 12.5. The predicted octanol–water partition coefficient (Wildman–Crippen LogP) is 3.79. The zero-order chi connectivity index (χ0) is 37.1. The third-order valence-corrected chi connectivity index (χ3v) is 14.7. The van der Waals surface area contributed by atoms with Crippen LogP contribution in [0.25, 0.3) is 0 Å². The first-order valence-corrected chi connectivity index (χ1v) is 20.4. The number of nitrogens with zero attached hydrogens (tertiary/aromatic N) is 1. The second-order valence-corrected chi connectivity index (χ2v) is 19.5. The van der Waals surface area contributed by atoms with Crippen LogP contribution >= 0.6 is 0 Å². The average molecular weight is 720 g/mol. The lowest BCUT2D eigenvalue weighted by Crippen LogP contribution is -2.63. The van der Waals surface area contributed by atoms with Gasteiger partial charge in [0.1, 0.15) is 12.1 Å². The van der Waals surface area contributed by atoms with Crippen LogP contribution in [0, 0.1) is 23.2 Å². The minimum Gasteiger partial charge on any atom is -0.346 e. The molecule has 3 saturated carbocycles. The van der Waals surface area contributed by atoms with Crippen molar-refractivity contribution in [3.8, 4) is 0 Å². The van der Waals surface area contributed by atoms with E-state index in [-0.39, 0.29) is 47.8 Å². The maximum Gasteiger partial charge on any atom is 0.315 e. The minimum absolute atomic E-state index is 0.0763. The highest BCUT2D eigenvalue weighted by Gasteiger charge is 2.69. The van der Waals surface area contributed by atoms with E-state index in [0.717, 1.165) is 51.4 Å². The quantitative estimate of drug-likeness (QED) is 0.156. The summed E-state index contributed by atoms with van der Waals surface area (Å²) in [4.78, 5) is 69.8. The summed E-state index contributed by atoms with van der Waals surface area (Å²) in [6, 6.07) is -3.36. The number of hydrogen-bond donors (Lipinski definition) is 4. The molecule has 13 heteroatoms. The lowest BCUT2D eigenvalue weighted by Gasteiger charge is -2.41. The van der Waals surface area contributed by atoms with Gasteiger partial charge in [-0.1, -0.05) is 71.8 Å². The summed E-state index contributed by atoms with van der Waals surface area (Å²) >= 11 is 0. The molecule has 0 bridgehead atoms. The highest BCUT2D eigenvalue weighted by Crippen LogP contribution is 2.65. The molecule has 1 heterocycles. The zero-order valence-corrected chi connectivity index (χ0v) is 31.9. The molecule has 4 fully saturated rings. The van der Waals surface area contributed by atoms with Crippen LogP contribution < -0.4 is 21.3 Å². The Balaban J connectivity index is 1.58. The molecule has 0 spiro atoms. The maximum atomic E-state index is 14.6. The van der Waals surface area contributed by atoms with Gasteiger partial charge in [-0.25, -0.2) is 13.2 Å². The summed E-state index contributed by atoms with van der Waals surface area (Å²) in [5.41, 5.74) is -1.13. The van der Waals surface area contributed by atoms with Crippen molar-refractivity contribution >= 4 is 39.4 Å². The van der Waals surface area contributed by atoms with E-state index in [1.807, 2.05) is 6.92 Å². The highest BCUT2D eigenvalue weighted by molar-refractivity contribution is 7.92. The van der Waals surface area contributed by atoms with Crippen LogP contribution in [0.2, 0.25) is 0 Å². The van der Waals surface area contributed by atoms with Gasteiger partial charge in [-0.2, -0.15) is 0 Å². The van der Waals surface area contributed by atoms with Gasteiger partial charge < -0.3 is 26.2 Å². The van der Waals surface area contributed by atoms with Crippen molar-refractivity contribution in [2.45, 2.75) is 147 Å². The average Bonchev–Trinajstić information content (AvgIpc) is 3.36. The van der Waals surface area contributed by atoms with Gasteiger partial charge in [0.25, 0.3) is 5.91 Å². The number of rotatable bonds is 14. The van der Waals surface area contributed by atoms with E-state index in [9.17, 15) is 32.4 Å². The first kappa shape index (κ1) is 39.8. The normalized spacial score (nSPS) is 25.7. The molecular weight excluding hydrogens is 659 g/mol. The number of carbonyl (C=O) groups excluding carboxylic acids is 5. The molecule has 4 N–H and O–H groups in total. The Morgan fingerprint density at radius 2 is 1.58 bits per heavy atom. The van der Waals surface area contributed by atoms with Crippen molar-refractivity contribution in [1.82, 2.24) is 26.2 Å². The number of amides is 5. The molecule has 0 aromatic rings. The molecular formula is C37H61N5O7S. The van der Waals surface area contributed by atoms with E-state index in [1.165, 1.54) is 6.08 Å². The van der Waals surface area contributed by atoms with Gasteiger partial charge in [-0.05, 0) is 76.0 Å². The second kappa shape index (κ2) is 15.7. The molecule has 3 aliphatic carbocycles. The maximum absolute atomic E-state index is 14.6. The molecule has 0 aromatic heterocycles. The Morgan fingerprint density at radius 3 is 2.16 bits per heavy atom. The van der Waals surface area contributed by atoms with E-state index in [0.29, 0.717) is 25.8 Å². The van der Waals surface area contributed by atoms with Crippen molar-refractivity contribution in [3.63, 3.8) is 0 Å². The van der Waals surface area contributed by atoms with Crippen LogP contribution in [0.5, 0.6) is 0 Å². The Hall–Kier alpha value is -2.96. The molecule has 0 radical (unpaired) electrons. The number of urea groups is 1. The van der Waals surface area contributed by atoms with Gasteiger partial charge in [-0.15, -0.1) is 6.58 Å². The van der Waals surface area contributed by atoms with Crippen LogP contribution in [0.3, 0.4) is 0 Å². The van der Waals surface area contributed by atoms with Crippen molar-refractivity contribution in [2.75, 3.05) is 18.8 Å². The number of carbonyl (C=O) groups is 5. The first-order chi connectivity index (χ1) is 23.4. The largest absolute Gasteiger partial charge is 0.346 e. The number of piperidine rings is 1. The molecule has 0 aromatic carbocycles. The predicted molar refractivity (Wildman–Crippen MR) is 193 cm³/mol. The monoisotopic (exact) mass is 719 g/mol. The topological polar surface area (TPSA) is 171 Å². The fourth-order valence-corrected chi connectivity index (χ4v) is 10.1. The third-order valence-electron chi connectivity index (χ3n) is 11.9. The summed E-state index contributed by atoms with van der Waals surface area (Å²) in [7, 11) is -3.56. The summed E-state index contributed by atoms with van der Waals surface area (Å²) in [6.07, 6.45) is 10.3. The van der Waals surface area contributed by atoms with E-state index in [1.54, 1.807) is 25.7 Å². The standard InChI is InChI=1S/C37H61N5O7S/c1-8-16-26(30(43)32(45)38-21-9-2)39-31(44)29-27-25(36(27,6)7)22-42(29)33(46)28(24-17-12-10-13-18-24)40-34(47)41-37(19-14-11-15-20-37)23-50(48,49)35(3,4)5/h9,24-29H,2,8,10-23H2,1,3-7H3,(H,38,45)(H,39,44)(H2,40,41,47)/t25-,26?,27-,28-,29-/m0/s1. The Labute approximate surface area is 299 Å². The minimum atomic E-state index is -3.56. The van der Waals surface area contributed by atoms with E-state index in [2.05, 4.69) is 41.7 Å². The van der Waals surface area contributed by atoms with E-state index >= 15 is 0 Å². The van der Waals surface area contributed by atoms with Crippen molar-refractivity contribution < 1.29 is 32.4 Å². The van der Waals surface area contributed by atoms with Crippen LogP contribution in [0.4, 0.5) is 4.79 Å². The molecule has 50 heavy (non-hydrogen) atoms. The molecule has 1 unspecified atom stereocenters. The van der Waals surface area contributed by atoms with Crippen molar-refractivity contribution in [2.24, 2.45) is 23.2 Å². The molecule has 1 aliphatic heterocycles. The van der Waals surface area contributed by atoms with Crippen LogP contribution in [0.1, 0.15) is 119 Å². The fourth-order valence-electron chi connectivity index (χ4n) is 8.60. The van der Waals surface area contributed by atoms with Gasteiger partial charge in [0.15, 0.2) is 9.84 Å². The third kappa shape index (κ3) is 8.73. The number of sulfone groups is 1. The number of fused-ring (bicyclic) bond motifs is 1. The number of nitrogens with one attached hydrogen (secondary N) is 4. The molecule has 5 amide bonds. The lowest BCUT2D eigenvalue weighted by molar-refractivity contribution is -0.144. The van der Waals surface area contributed by atoms with Crippen LogP contribution in [-0.2, 0) is 29.0 Å².